The average Bonchev–Trinajstić information content (AvgIpc) is 2.11. The molecule has 0 bridgehead atoms. The SMILES string of the molecule is CCCNC(CC(C)CCC)C1CCC1. The Balaban J connectivity index is 2.27. The normalized spacial score (nSPS) is 21.0. The van der Waals surface area contributed by atoms with Gasteiger partial charge in [0.1, 0.15) is 0 Å². The summed E-state index contributed by atoms with van der Waals surface area (Å²) in [4.78, 5) is 0. The molecule has 0 aromatic rings. The highest BCUT2D eigenvalue weighted by Gasteiger charge is 2.27. The number of hydrogen-bond donors (Lipinski definition) is 1. The lowest BCUT2D eigenvalue weighted by molar-refractivity contribution is 0.200. The molecule has 90 valence electrons. The smallest absolute Gasteiger partial charge is 0.00978 e. The predicted molar refractivity (Wildman–Crippen MR) is 68.1 cm³/mol. The van der Waals surface area contributed by atoms with Crippen LogP contribution >= 0.6 is 0 Å². The molecule has 2 unspecified atom stereocenters. The Morgan fingerprint density at radius 1 is 1.20 bits per heavy atom. The quantitative estimate of drug-likeness (QED) is 0.640. The first-order chi connectivity index (χ1) is 7.27. The van der Waals surface area contributed by atoms with E-state index in [1.54, 1.807) is 0 Å². The van der Waals surface area contributed by atoms with Crippen LogP contribution < -0.4 is 5.32 Å². The van der Waals surface area contributed by atoms with Gasteiger partial charge in [-0.3, -0.25) is 0 Å². The maximum Gasteiger partial charge on any atom is 0.00978 e. The molecule has 1 aliphatic rings. The van der Waals surface area contributed by atoms with Gasteiger partial charge in [-0.15, -0.1) is 0 Å². The van der Waals surface area contributed by atoms with Crippen molar-refractivity contribution in [1.29, 1.82) is 0 Å². The van der Waals surface area contributed by atoms with Gasteiger partial charge in [-0.05, 0) is 44.1 Å². The summed E-state index contributed by atoms with van der Waals surface area (Å²) in [6.45, 7) is 8.19. The van der Waals surface area contributed by atoms with Crippen molar-refractivity contribution in [2.24, 2.45) is 11.8 Å². The minimum atomic E-state index is 0.820. The van der Waals surface area contributed by atoms with Gasteiger partial charge < -0.3 is 5.32 Å². The maximum atomic E-state index is 3.76. The van der Waals surface area contributed by atoms with Gasteiger partial charge in [0.05, 0.1) is 0 Å². The van der Waals surface area contributed by atoms with E-state index in [9.17, 15) is 0 Å². The van der Waals surface area contributed by atoms with E-state index in [4.69, 9.17) is 0 Å². The van der Waals surface area contributed by atoms with E-state index in [0.717, 1.165) is 17.9 Å². The van der Waals surface area contributed by atoms with Gasteiger partial charge in [-0.2, -0.15) is 0 Å². The minimum absolute atomic E-state index is 0.820. The van der Waals surface area contributed by atoms with Crippen LogP contribution in [0.4, 0.5) is 0 Å². The zero-order valence-electron chi connectivity index (χ0n) is 10.9. The highest BCUT2D eigenvalue weighted by atomic mass is 14.9. The van der Waals surface area contributed by atoms with Crippen molar-refractivity contribution < 1.29 is 0 Å². The average molecular weight is 211 g/mol. The van der Waals surface area contributed by atoms with Crippen LogP contribution in [0.3, 0.4) is 0 Å². The molecule has 1 fully saturated rings. The Morgan fingerprint density at radius 3 is 2.40 bits per heavy atom. The topological polar surface area (TPSA) is 12.0 Å². The van der Waals surface area contributed by atoms with E-state index in [1.807, 2.05) is 0 Å². The Morgan fingerprint density at radius 2 is 1.93 bits per heavy atom. The van der Waals surface area contributed by atoms with Gasteiger partial charge in [-0.25, -0.2) is 0 Å². The summed E-state index contributed by atoms with van der Waals surface area (Å²) in [7, 11) is 0. The van der Waals surface area contributed by atoms with Crippen molar-refractivity contribution in [2.45, 2.75) is 71.8 Å². The molecule has 1 aliphatic carbocycles. The fourth-order valence-electron chi connectivity index (χ4n) is 2.66. The lowest BCUT2D eigenvalue weighted by Gasteiger charge is -2.36. The summed E-state index contributed by atoms with van der Waals surface area (Å²) in [5.41, 5.74) is 0. The second-order valence-corrected chi connectivity index (χ2v) is 5.38. The highest BCUT2D eigenvalue weighted by molar-refractivity contribution is 4.83. The summed E-state index contributed by atoms with van der Waals surface area (Å²) in [6.07, 6.45) is 9.82. The second-order valence-electron chi connectivity index (χ2n) is 5.38. The van der Waals surface area contributed by atoms with Crippen LogP contribution in [0.25, 0.3) is 0 Å². The van der Waals surface area contributed by atoms with E-state index < -0.39 is 0 Å². The van der Waals surface area contributed by atoms with Crippen LogP contribution in [-0.2, 0) is 0 Å². The Hall–Kier alpha value is -0.0400. The summed E-state index contributed by atoms with van der Waals surface area (Å²) >= 11 is 0. The summed E-state index contributed by atoms with van der Waals surface area (Å²) in [5, 5.41) is 3.76. The fraction of sp³-hybridized carbons (Fsp3) is 1.00. The molecule has 0 saturated heterocycles. The lowest BCUT2D eigenvalue weighted by Crippen LogP contribution is -2.41. The van der Waals surface area contributed by atoms with E-state index in [1.165, 1.54) is 51.5 Å². The molecular weight excluding hydrogens is 182 g/mol. The molecule has 0 amide bonds. The highest BCUT2D eigenvalue weighted by Crippen LogP contribution is 2.32. The van der Waals surface area contributed by atoms with Crippen LogP contribution in [0, 0.1) is 11.8 Å². The molecule has 0 aliphatic heterocycles. The van der Waals surface area contributed by atoms with Crippen LogP contribution in [-0.4, -0.2) is 12.6 Å². The van der Waals surface area contributed by atoms with Gasteiger partial charge in [0.2, 0.25) is 0 Å². The van der Waals surface area contributed by atoms with Crippen LogP contribution in [0.2, 0.25) is 0 Å². The molecule has 1 nitrogen and oxygen atoms in total. The zero-order valence-corrected chi connectivity index (χ0v) is 10.9. The van der Waals surface area contributed by atoms with Gasteiger partial charge in [0.15, 0.2) is 0 Å². The van der Waals surface area contributed by atoms with E-state index in [2.05, 4.69) is 26.1 Å². The van der Waals surface area contributed by atoms with Crippen LogP contribution in [0.1, 0.15) is 65.7 Å². The third kappa shape index (κ3) is 4.55. The Labute approximate surface area is 96.0 Å². The molecule has 1 rings (SSSR count). The molecule has 1 heteroatoms. The molecule has 2 atom stereocenters. The molecule has 0 aromatic carbocycles. The van der Waals surface area contributed by atoms with Crippen molar-refractivity contribution >= 4 is 0 Å². The molecular formula is C14H29N. The molecule has 1 saturated carbocycles. The third-order valence-electron chi connectivity index (χ3n) is 3.81. The molecule has 0 aromatic heterocycles. The van der Waals surface area contributed by atoms with Crippen molar-refractivity contribution in [1.82, 2.24) is 5.32 Å². The fourth-order valence-corrected chi connectivity index (χ4v) is 2.66. The number of nitrogens with one attached hydrogen (secondary N) is 1. The van der Waals surface area contributed by atoms with Gasteiger partial charge in [0.25, 0.3) is 0 Å². The Kier molecular flexibility index (Phi) is 6.31. The van der Waals surface area contributed by atoms with Gasteiger partial charge >= 0.3 is 0 Å². The maximum absolute atomic E-state index is 3.76. The molecule has 0 spiro atoms. The first-order valence-corrected chi connectivity index (χ1v) is 7.01. The third-order valence-corrected chi connectivity index (χ3v) is 3.81. The molecule has 0 heterocycles. The summed E-state index contributed by atoms with van der Waals surface area (Å²) < 4.78 is 0. The van der Waals surface area contributed by atoms with E-state index >= 15 is 0 Å². The summed E-state index contributed by atoms with van der Waals surface area (Å²) in [5.74, 6) is 1.90. The van der Waals surface area contributed by atoms with Crippen molar-refractivity contribution in [3.8, 4) is 0 Å². The molecule has 0 radical (unpaired) electrons. The van der Waals surface area contributed by atoms with Crippen LogP contribution in [0.5, 0.6) is 0 Å². The lowest BCUT2D eigenvalue weighted by atomic mass is 9.76. The van der Waals surface area contributed by atoms with E-state index in [-0.39, 0.29) is 0 Å². The predicted octanol–water partition coefficient (Wildman–Crippen LogP) is 3.98. The summed E-state index contributed by atoms with van der Waals surface area (Å²) in [6, 6.07) is 0.820. The number of rotatable bonds is 8. The van der Waals surface area contributed by atoms with Gasteiger partial charge in [0, 0.05) is 6.04 Å². The second kappa shape index (κ2) is 7.27. The molecule has 15 heavy (non-hydrogen) atoms. The largest absolute Gasteiger partial charge is 0.314 e. The first-order valence-electron chi connectivity index (χ1n) is 7.01. The monoisotopic (exact) mass is 211 g/mol. The standard InChI is InChI=1S/C14H29N/c1-4-7-12(3)11-14(15-10-5-2)13-8-6-9-13/h12-15H,4-11H2,1-3H3. The van der Waals surface area contributed by atoms with Crippen molar-refractivity contribution in [3.05, 3.63) is 0 Å². The first kappa shape index (κ1) is 13.0. The van der Waals surface area contributed by atoms with E-state index in [0.29, 0.717) is 0 Å². The minimum Gasteiger partial charge on any atom is -0.314 e. The zero-order chi connectivity index (χ0) is 11.1. The Bertz CT molecular complexity index is 151. The number of hydrogen-bond acceptors (Lipinski definition) is 1. The van der Waals surface area contributed by atoms with Crippen molar-refractivity contribution in [2.75, 3.05) is 6.54 Å². The van der Waals surface area contributed by atoms with Crippen molar-refractivity contribution in [3.63, 3.8) is 0 Å². The van der Waals surface area contributed by atoms with Crippen LogP contribution in [0.15, 0.2) is 0 Å². The molecule has 1 N–H and O–H groups in total. The van der Waals surface area contributed by atoms with Gasteiger partial charge in [-0.1, -0.05) is 40.0 Å².